The first-order valence-electron chi connectivity index (χ1n) is 6.24. The molecule has 0 fully saturated rings. The molecular formula is C12H20N4O3S. The van der Waals surface area contributed by atoms with Gasteiger partial charge in [-0.1, -0.05) is 19.9 Å². The molecule has 5 N–H and O–H groups in total. The van der Waals surface area contributed by atoms with E-state index in [0.717, 1.165) is 6.54 Å². The van der Waals surface area contributed by atoms with Gasteiger partial charge in [0.05, 0.1) is 5.69 Å². The Kier molecular flexibility index (Phi) is 5.93. The molecule has 0 spiro atoms. The van der Waals surface area contributed by atoms with Crippen LogP contribution in [0, 0.1) is 5.92 Å². The van der Waals surface area contributed by atoms with Crippen molar-refractivity contribution in [2.75, 3.05) is 23.1 Å². The smallest absolute Gasteiger partial charge is 0.296 e. The van der Waals surface area contributed by atoms with Crippen LogP contribution in [0.1, 0.15) is 13.8 Å². The molecule has 1 unspecified atom stereocenters. The summed E-state index contributed by atoms with van der Waals surface area (Å²) < 4.78 is 24.0. The van der Waals surface area contributed by atoms with Crippen LogP contribution < -0.4 is 20.5 Å². The third kappa shape index (κ3) is 6.00. The predicted octanol–water partition coefficient (Wildman–Crippen LogP) is 0.486. The molecule has 0 radical (unpaired) electrons. The van der Waals surface area contributed by atoms with Crippen molar-refractivity contribution in [1.29, 1.82) is 0 Å². The second-order valence-corrected chi connectivity index (χ2v) is 5.72. The van der Waals surface area contributed by atoms with E-state index in [1.54, 1.807) is 18.2 Å². The van der Waals surface area contributed by atoms with E-state index in [9.17, 15) is 13.2 Å². The Morgan fingerprint density at radius 1 is 1.35 bits per heavy atom. The maximum absolute atomic E-state index is 11.9. The molecule has 7 nitrogen and oxygen atoms in total. The van der Waals surface area contributed by atoms with Crippen LogP contribution in [0.2, 0.25) is 0 Å². The Morgan fingerprint density at radius 2 is 2.00 bits per heavy atom. The number of nitrogens with one attached hydrogen (secondary N) is 3. The summed E-state index contributed by atoms with van der Waals surface area (Å²) >= 11 is 0. The second kappa shape index (κ2) is 7.22. The molecule has 8 heteroatoms. The quantitative estimate of drug-likeness (QED) is 0.586. The van der Waals surface area contributed by atoms with Gasteiger partial charge in [-0.3, -0.25) is 9.52 Å². The zero-order chi connectivity index (χ0) is 15.2. The van der Waals surface area contributed by atoms with E-state index in [4.69, 9.17) is 5.14 Å². The molecule has 1 aromatic rings. The highest BCUT2D eigenvalue weighted by Gasteiger charge is 2.12. The van der Waals surface area contributed by atoms with Crippen molar-refractivity contribution >= 4 is 27.5 Å². The lowest BCUT2D eigenvalue weighted by Crippen LogP contribution is -2.30. The minimum Gasteiger partial charge on any atom is -0.326 e. The first-order valence-corrected chi connectivity index (χ1v) is 7.78. The van der Waals surface area contributed by atoms with E-state index in [1.807, 2.05) is 13.8 Å². The van der Waals surface area contributed by atoms with Gasteiger partial charge >= 0.3 is 0 Å². The predicted molar refractivity (Wildman–Crippen MR) is 79.5 cm³/mol. The summed E-state index contributed by atoms with van der Waals surface area (Å²) in [7, 11) is -3.82. The molecule has 0 heterocycles. The first-order chi connectivity index (χ1) is 9.31. The van der Waals surface area contributed by atoms with Gasteiger partial charge in [0, 0.05) is 18.2 Å². The molecule has 0 saturated heterocycles. The lowest BCUT2D eigenvalue weighted by molar-refractivity contribution is -0.119. The Bertz CT molecular complexity index is 560. The van der Waals surface area contributed by atoms with Gasteiger partial charge in [0.15, 0.2) is 0 Å². The zero-order valence-electron chi connectivity index (χ0n) is 11.5. The zero-order valence-corrected chi connectivity index (χ0v) is 12.3. The molecule has 1 rings (SSSR count). The Balaban J connectivity index is 2.68. The highest BCUT2D eigenvalue weighted by Crippen LogP contribution is 2.16. The minimum atomic E-state index is -3.82. The number of rotatable bonds is 7. The average Bonchev–Trinajstić information content (AvgIpc) is 2.34. The third-order valence-corrected chi connectivity index (χ3v) is 3.06. The summed E-state index contributed by atoms with van der Waals surface area (Å²) in [6, 6.07) is 6.34. The normalized spacial score (nSPS) is 12.8. The highest BCUT2D eigenvalue weighted by atomic mass is 32.2. The van der Waals surface area contributed by atoms with Crippen LogP contribution in [-0.2, 0) is 15.0 Å². The third-order valence-electron chi connectivity index (χ3n) is 2.54. The van der Waals surface area contributed by atoms with Crippen LogP contribution in [0.25, 0.3) is 0 Å². The summed E-state index contributed by atoms with van der Waals surface area (Å²) in [5, 5.41) is 10.7. The number of nitrogens with two attached hydrogens (primary N) is 1. The molecular weight excluding hydrogens is 280 g/mol. The van der Waals surface area contributed by atoms with Crippen LogP contribution in [0.5, 0.6) is 0 Å². The highest BCUT2D eigenvalue weighted by molar-refractivity contribution is 7.90. The van der Waals surface area contributed by atoms with Crippen molar-refractivity contribution in [3.63, 3.8) is 0 Å². The fourth-order valence-corrected chi connectivity index (χ4v) is 2.00. The molecule has 0 aliphatic rings. The number of benzene rings is 1. The summed E-state index contributed by atoms with van der Waals surface area (Å²) in [6.07, 6.45) is 0. The fraction of sp³-hybridized carbons (Fsp3) is 0.417. The lowest BCUT2D eigenvalue weighted by Gasteiger charge is -2.13. The number of carbonyl (C=O) groups excluding carboxylic acids is 1. The molecule has 0 aliphatic heterocycles. The van der Waals surface area contributed by atoms with Crippen molar-refractivity contribution in [2.45, 2.75) is 13.8 Å². The van der Waals surface area contributed by atoms with Crippen molar-refractivity contribution in [3.05, 3.63) is 24.3 Å². The van der Waals surface area contributed by atoms with Crippen LogP contribution in [0.15, 0.2) is 24.3 Å². The van der Waals surface area contributed by atoms with E-state index in [0.29, 0.717) is 17.9 Å². The van der Waals surface area contributed by atoms with E-state index < -0.39 is 10.2 Å². The number of hydrogen-bond acceptors (Lipinski definition) is 4. The lowest BCUT2D eigenvalue weighted by atomic mass is 10.1. The van der Waals surface area contributed by atoms with E-state index in [2.05, 4.69) is 15.4 Å². The van der Waals surface area contributed by atoms with Crippen LogP contribution in [0.4, 0.5) is 11.4 Å². The molecule has 0 saturated carbocycles. The first kappa shape index (κ1) is 16.4. The maximum atomic E-state index is 11.9. The van der Waals surface area contributed by atoms with Crippen molar-refractivity contribution < 1.29 is 13.2 Å². The molecule has 20 heavy (non-hydrogen) atoms. The van der Waals surface area contributed by atoms with Gasteiger partial charge in [0.1, 0.15) is 0 Å². The second-order valence-electron chi connectivity index (χ2n) is 4.43. The molecule has 1 aromatic carbocycles. The largest absolute Gasteiger partial charge is 0.326 e. The molecule has 0 aromatic heterocycles. The molecule has 1 amide bonds. The van der Waals surface area contributed by atoms with Gasteiger partial charge in [-0.25, -0.2) is 5.14 Å². The van der Waals surface area contributed by atoms with Gasteiger partial charge in [-0.05, 0) is 24.7 Å². The SMILES string of the molecule is CCNCC(C)C(=O)Nc1cccc(NS(N)(=O)=O)c1. The Hall–Kier alpha value is -1.64. The maximum Gasteiger partial charge on any atom is 0.296 e. The summed E-state index contributed by atoms with van der Waals surface area (Å²) in [5.74, 6) is -0.330. The number of anilines is 2. The number of amides is 1. The molecule has 112 valence electrons. The Labute approximate surface area is 119 Å². The summed E-state index contributed by atoms with van der Waals surface area (Å²) in [6.45, 7) is 5.15. The van der Waals surface area contributed by atoms with Crippen LogP contribution >= 0.6 is 0 Å². The fourth-order valence-electron chi connectivity index (χ4n) is 1.54. The van der Waals surface area contributed by atoms with E-state index in [1.165, 1.54) is 6.07 Å². The van der Waals surface area contributed by atoms with Crippen LogP contribution in [-0.4, -0.2) is 27.4 Å². The van der Waals surface area contributed by atoms with Gasteiger partial charge in [0.2, 0.25) is 5.91 Å². The molecule has 0 bridgehead atoms. The summed E-state index contributed by atoms with van der Waals surface area (Å²) in [4.78, 5) is 11.9. The standard InChI is InChI=1S/C12H20N4O3S/c1-3-14-8-9(2)12(17)15-10-5-4-6-11(7-10)16-20(13,18)19/h4-7,9,14,16H,3,8H2,1-2H3,(H,15,17)(H2,13,18,19). The van der Waals surface area contributed by atoms with E-state index in [-0.39, 0.29) is 11.8 Å². The molecule has 1 atom stereocenters. The van der Waals surface area contributed by atoms with Gasteiger partial charge < -0.3 is 10.6 Å². The topological polar surface area (TPSA) is 113 Å². The molecule has 0 aliphatic carbocycles. The van der Waals surface area contributed by atoms with Crippen LogP contribution in [0.3, 0.4) is 0 Å². The monoisotopic (exact) mass is 300 g/mol. The number of carbonyl (C=O) groups is 1. The van der Waals surface area contributed by atoms with E-state index >= 15 is 0 Å². The summed E-state index contributed by atoms with van der Waals surface area (Å²) in [5.41, 5.74) is 0.802. The van der Waals surface area contributed by atoms with Gasteiger partial charge in [-0.2, -0.15) is 8.42 Å². The van der Waals surface area contributed by atoms with Crippen molar-refractivity contribution in [1.82, 2.24) is 5.32 Å². The van der Waals surface area contributed by atoms with Gasteiger partial charge in [0.25, 0.3) is 10.2 Å². The average molecular weight is 300 g/mol. The van der Waals surface area contributed by atoms with Crippen molar-refractivity contribution in [2.24, 2.45) is 11.1 Å². The van der Waals surface area contributed by atoms with Gasteiger partial charge in [-0.15, -0.1) is 0 Å². The minimum absolute atomic E-state index is 0.140. The Morgan fingerprint density at radius 3 is 2.60 bits per heavy atom. The van der Waals surface area contributed by atoms with Crippen molar-refractivity contribution in [3.8, 4) is 0 Å². The number of hydrogen-bond donors (Lipinski definition) is 4.